The van der Waals surface area contributed by atoms with E-state index < -0.39 is 0 Å². The molecule has 2 aliphatic heterocycles. The Balaban J connectivity index is 1.23. The first-order valence-electron chi connectivity index (χ1n) is 11.1. The van der Waals surface area contributed by atoms with Gasteiger partial charge in [-0.05, 0) is 74.2 Å². The van der Waals surface area contributed by atoms with Gasteiger partial charge in [-0.15, -0.1) is 0 Å². The Labute approximate surface area is 188 Å². The molecule has 166 valence electrons. The van der Waals surface area contributed by atoms with E-state index in [1.807, 2.05) is 18.2 Å². The Morgan fingerprint density at radius 3 is 2.84 bits per heavy atom. The van der Waals surface area contributed by atoms with Gasteiger partial charge in [0.1, 0.15) is 11.6 Å². The van der Waals surface area contributed by atoms with Crippen LogP contribution < -0.4 is 15.0 Å². The van der Waals surface area contributed by atoms with Crippen LogP contribution >= 0.6 is 11.6 Å². The number of carbonyl (C=O) groups is 1. The lowest BCUT2D eigenvalue weighted by atomic mass is 10.00. The van der Waals surface area contributed by atoms with Gasteiger partial charge >= 0.3 is 6.03 Å². The number of rotatable bonds is 7. The molecule has 2 amide bonds. The summed E-state index contributed by atoms with van der Waals surface area (Å²) in [6.45, 7) is 3.77. The summed E-state index contributed by atoms with van der Waals surface area (Å²) in [5.74, 6) is 0.440. The molecule has 2 aliphatic rings. The van der Waals surface area contributed by atoms with Crippen molar-refractivity contribution >= 4 is 23.3 Å². The number of hydrogen-bond donors (Lipinski definition) is 1. The SMILES string of the molecule is O=C(NCCN1CCCCC1CCOc1ccc(F)cc1)N1CCc2ccc(Cl)cc21. The van der Waals surface area contributed by atoms with Crippen molar-refractivity contribution < 1.29 is 13.9 Å². The van der Waals surface area contributed by atoms with E-state index in [4.69, 9.17) is 16.3 Å². The monoisotopic (exact) mass is 445 g/mol. The Kier molecular flexibility index (Phi) is 7.30. The first-order valence-corrected chi connectivity index (χ1v) is 11.4. The molecule has 0 saturated carbocycles. The van der Waals surface area contributed by atoms with E-state index >= 15 is 0 Å². The van der Waals surface area contributed by atoms with Gasteiger partial charge < -0.3 is 10.1 Å². The van der Waals surface area contributed by atoms with E-state index in [1.54, 1.807) is 17.0 Å². The van der Waals surface area contributed by atoms with Crippen molar-refractivity contribution in [2.24, 2.45) is 0 Å². The summed E-state index contributed by atoms with van der Waals surface area (Å²) < 4.78 is 18.8. The predicted molar refractivity (Wildman–Crippen MR) is 122 cm³/mol. The number of carbonyl (C=O) groups excluding carboxylic acids is 1. The van der Waals surface area contributed by atoms with E-state index in [-0.39, 0.29) is 11.8 Å². The number of ether oxygens (including phenoxy) is 1. The molecule has 4 rings (SSSR count). The van der Waals surface area contributed by atoms with Gasteiger partial charge in [-0.3, -0.25) is 9.80 Å². The Hall–Kier alpha value is -2.31. The number of fused-ring (bicyclic) bond motifs is 1. The molecule has 0 bridgehead atoms. The number of piperidine rings is 1. The number of likely N-dealkylation sites (tertiary alicyclic amines) is 1. The van der Waals surface area contributed by atoms with E-state index in [2.05, 4.69) is 10.2 Å². The average molecular weight is 446 g/mol. The topological polar surface area (TPSA) is 44.8 Å². The molecule has 0 spiro atoms. The fourth-order valence-corrected chi connectivity index (χ4v) is 4.66. The lowest BCUT2D eigenvalue weighted by molar-refractivity contribution is 0.125. The lowest BCUT2D eigenvalue weighted by Gasteiger charge is -2.36. The second-order valence-electron chi connectivity index (χ2n) is 8.18. The highest BCUT2D eigenvalue weighted by Crippen LogP contribution is 2.30. The zero-order valence-electron chi connectivity index (χ0n) is 17.7. The molecule has 2 aromatic rings. The Morgan fingerprint density at radius 2 is 2.00 bits per heavy atom. The van der Waals surface area contributed by atoms with Crippen molar-refractivity contribution in [2.75, 3.05) is 37.7 Å². The first-order chi connectivity index (χ1) is 15.1. The minimum atomic E-state index is -0.256. The second-order valence-corrected chi connectivity index (χ2v) is 8.62. The third-order valence-corrected chi connectivity index (χ3v) is 6.38. The van der Waals surface area contributed by atoms with Gasteiger partial charge in [0, 0.05) is 30.7 Å². The number of amides is 2. The van der Waals surface area contributed by atoms with Crippen LogP contribution in [0.5, 0.6) is 5.75 Å². The molecule has 5 nitrogen and oxygen atoms in total. The molecule has 1 atom stereocenters. The van der Waals surface area contributed by atoms with Gasteiger partial charge in [0.2, 0.25) is 0 Å². The number of hydrogen-bond acceptors (Lipinski definition) is 3. The maximum absolute atomic E-state index is 13.0. The number of urea groups is 1. The summed E-state index contributed by atoms with van der Waals surface area (Å²) in [5.41, 5.74) is 2.08. The predicted octanol–water partition coefficient (Wildman–Crippen LogP) is 4.87. The molecule has 1 N–H and O–H groups in total. The summed E-state index contributed by atoms with van der Waals surface area (Å²) in [5, 5.41) is 3.73. The van der Waals surface area contributed by atoms with Gasteiger partial charge in [-0.2, -0.15) is 0 Å². The minimum absolute atomic E-state index is 0.0609. The van der Waals surface area contributed by atoms with Gasteiger partial charge in [-0.1, -0.05) is 24.1 Å². The molecule has 1 fully saturated rings. The van der Waals surface area contributed by atoms with E-state index in [9.17, 15) is 9.18 Å². The number of benzene rings is 2. The molecule has 1 saturated heterocycles. The van der Waals surface area contributed by atoms with Crippen molar-refractivity contribution in [3.8, 4) is 5.75 Å². The summed E-state index contributed by atoms with van der Waals surface area (Å²) in [4.78, 5) is 16.9. The van der Waals surface area contributed by atoms with Gasteiger partial charge in [0.05, 0.1) is 12.3 Å². The van der Waals surface area contributed by atoms with E-state index in [0.29, 0.717) is 36.5 Å². The first kappa shape index (κ1) is 21.9. The van der Waals surface area contributed by atoms with Crippen molar-refractivity contribution in [1.29, 1.82) is 0 Å². The van der Waals surface area contributed by atoms with Gasteiger partial charge in [0.15, 0.2) is 0 Å². The summed E-state index contributed by atoms with van der Waals surface area (Å²) >= 11 is 6.11. The Morgan fingerprint density at radius 1 is 1.16 bits per heavy atom. The fraction of sp³-hybridized carbons (Fsp3) is 0.458. The molecular weight excluding hydrogens is 417 g/mol. The highest BCUT2D eigenvalue weighted by atomic mass is 35.5. The van der Waals surface area contributed by atoms with Crippen molar-refractivity contribution in [3.63, 3.8) is 0 Å². The third-order valence-electron chi connectivity index (χ3n) is 6.15. The smallest absolute Gasteiger partial charge is 0.321 e. The van der Waals surface area contributed by atoms with Crippen LogP contribution in [0.3, 0.4) is 0 Å². The van der Waals surface area contributed by atoms with Crippen molar-refractivity contribution in [3.05, 3.63) is 58.9 Å². The zero-order valence-corrected chi connectivity index (χ0v) is 18.4. The number of halogens is 2. The normalized spacial score (nSPS) is 18.6. The zero-order chi connectivity index (χ0) is 21.6. The molecule has 2 aromatic carbocycles. The molecule has 7 heteroatoms. The van der Waals surface area contributed by atoms with Crippen LogP contribution in [-0.2, 0) is 6.42 Å². The van der Waals surface area contributed by atoms with Crippen molar-refractivity contribution in [2.45, 2.75) is 38.1 Å². The number of anilines is 1. The molecule has 0 aromatic heterocycles. The minimum Gasteiger partial charge on any atom is -0.494 e. The second kappa shape index (κ2) is 10.3. The fourth-order valence-electron chi connectivity index (χ4n) is 4.49. The van der Waals surface area contributed by atoms with Crippen LogP contribution in [0, 0.1) is 5.82 Å². The quantitative estimate of drug-likeness (QED) is 0.661. The van der Waals surface area contributed by atoms with E-state index in [1.165, 1.54) is 25.0 Å². The maximum atomic E-state index is 13.0. The molecule has 31 heavy (non-hydrogen) atoms. The maximum Gasteiger partial charge on any atom is 0.321 e. The van der Waals surface area contributed by atoms with Crippen LogP contribution in [0.15, 0.2) is 42.5 Å². The van der Waals surface area contributed by atoms with Crippen LogP contribution in [-0.4, -0.2) is 49.8 Å². The summed E-state index contributed by atoms with van der Waals surface area (Å²) in [7, 11) is 0. The van der Waals surface area contributed by atoms with E-state index in [0.717, 1.165) is 43.6 Å². The van der Waals surface area contributed by atoms with Crippen molar-refractivity contribution in [1.82, 2.24) is 10.2 Å². The third kappa shape index (κ3) is 5.69. The highest BCUT2D eigenvalue weighted by molar-refractivity contribution is 6.31. The standard InChI is InChI=1S/C24H29ClFN3O2/c25-19-5-4-18-10-14-29(23(18)17-19)24(30)27-12-15-28-13-2-1-3-21(28)11-16-31-22-8-6-20(26)7-9-22/h4-9,17,21H,1-3,10-16H2,(H,27,30). The van der Waals surface area contributed by atoms with Crippen LogP contribution in [0.2, 0.25) is 5.02 Å². The molecular formula is C24H29ClFN3O2. The molecule has 2 heterocycles. The number of nitrogens with zero attached hydrogens (tertiary/aromatic N) is 2. The largest absolute Gasteiger partial charge is 0.494 e. The Bertz CT molecular complexity index is 893. The van der Waals surface area contributed by atoms with Crippen LogP contribution in [0.1, 0.15) is 31.2 Å². The summed E-state index contributed by atoms with van der Waals surface area (Å²) in [6.07, 6.45) is 5.32. The average Bonchev–Trinajstić information content (AvgIpc) is 3.19. The molecule has 1 unspecified atom stereocenters. The van der Waals surface area contributed by atoms with Crippen LogP contribution in [0.4, 0.5) is 14.9 Å². The van der Waals surface area contributed by atoms with Crippen LogP contribution in [0.25, 0.3) is 0 Å². The molecule has 0 aliphatic carbocycles. The molecule has 0 radical (unpaired) electrons. The highest BCUT2D eigenvalue weighted by Gasteiger charge is 2.26. The van der Waals surface area contributed by atoms with Gasteiger partial charge in [0.25, 0.3) is 0 Å². The summed E-state index contributed by atoms with van der Waals surface area (Å²) in [6, 6.07) is 12.3. The van der Waals surface area contributed by atoms with Gasteiger partial charge in [-0.25, -0.2) is 9.18 Å². The number of nitrogens with one attached hydrogen (secondary N) is 1. The lowest BCUT2D eigenvalue weighted by Crippen LogP contribution is -2.46.